The molecule has 5 nitrogen and oxygen atoms in total. The van der Waals surface area contributed by atoms with Crippen LogP contribution in [0.25, 0.3) is 0 Å². The fraction of sp³-hybridized carbons (Fsp3) is 0.333. The fourth-order valence-electron chi connectivity index (χ4n) is 2.23. The van der Waals surface area contributed by atoms with Crippen molar-refractivity contribution in [3.63, 3.8) is 0 Å². The smallest absolute Gasteiger partial charge is 0.338 e. The van der Waals surface area contributed by atoms with E-state index in [2.05, 4.69) is 12.2 Å². The molecular formula is C21H25NO4. The fourth-order valence-corrected chi connectivity index (χ4v) is 2.23. The first-order chi connectivity index (χ1) is 12.6. The molecule has 138 valence electrons. The Bertz CT molecular complexity index is 725. The molecule has 0 aliphatic rings. The SMILES string of the molecule is CCCCOc1cccc(C(=O)Nc2ccc(C(=O)OCCC)cc2)c1. The Kier molecular flexibility index (Phi) is 7.68. The maximum atomic E-state index is 12.4. The van der Waals surface area contributed by atoms with E-state index in [0.29, 0.717) is 35.8 Å². The minimum absolute atomic E-state index is 0.229. The summed E-state index contributed by atoms with van der Waals surface area (Å²) in [4.78, 5) is 24.2. The summed E-state index contributed by atoms with van der Waals surface area (Å²) in [5, 5.41) is 2.82. The van der Waals surface area contributed by atoms with Crippen LogP contribution >= 0.6 is 0 Å². The molecule has 0 radical (unpaired) electrons. The Labute approximate surface area is 154 Å². The highest BCUT2D eigenvalue weighted by Crippen LogP contribution is 2.16. The van der Waals surface area contributed by atoms with E-state index in [1.165, 1.54) is 0 Å². The second-order valence-corrected chi connectivity index (χ2v) is 5.90. The number of benzene rings is 2. The van der Waals surface area contributed by atoms with Gasteiger partial charge in [0.25, 0.3) is 5.91 Å². The molecule has 0 saturated heterocycles. The Morgan fingerprint density at radius 1 is 0.923 bits per heavy atom. The quantitative estimate of drug-likeness (QED) is 0.524. The van der Waals surface area contributed by atoms with Gasteiger partial charge in [-0.05, 0) is 55.3 Å². The second kappa shape index (κ2) is 10.2. The van der Waals surface area contributed by atoms with Crippen LogP contribution in [0.4, 0.5) is 5.69 Å². The van der Waals surface area contributed by atoms with Crippen LogP contribution < -0.4 is 10.1 Å². The van der Waals surface area contributed by atoms with Crippen LogP contribution in [0.1, 0.15) is 53.8 Å². The van der Waals surface area contributed by atoms with Crippen LogP contribution in [-0.2, 0) is 4.74 Å². The average Bonchev–Trinajstić information content (AvgIpc) is 2.67. The maximum Gasteiger partial charge on any atom is 0.338 e. The summed E-state index contributed by atoms with van der Waals surface area (Å²) in [5.74, 6) is 0.0917. The molecule has 0 heterocycles. The highest BCUT2D eigenvalue weighted by Gasteiger charge is 2.10. The zero-order valence-electron chi connectivity index (χ0n) is 15.3. The molecule has 0 aliphatic heterocycles. The molecule has 26 heavy (non-hydrogen) atoms. The average molecular weight is 355 g/mol. The Hall–Kier alpha value is -2.82. The Balaban J connectivity index is 1.96. The number of carbonyl (C=O) groups is 2. The predicted molar refractivity (Wildman–Crippen MR) is 102 cm³/mol. The molecule has 2 rings (SSSR count). The molecule has 0 unspecified atom stereocenters. The number of rotatable bonds is 9. The summed E-state index contributed by atoms with van der Waals surface area (Å²) in [6.07, 6.45) is 2.81. The number of ether oxygens (including phenoxy) is 2. The third-order valence-corrected chi connectivity index (χ3v) is 3.68. The van der Waals surface area contributed by atoms with Crippen molar-refractivity contribution >= 4 is 17.6 Å². The van der Waals surface area contributed by atoms with Gasteiger partial charge >= 0.3 is 5.97 Å². The summed E-state index contributed by atoms with van der Waals surface area (Å²) >= 11 is 0. The molecule has 0 fully saturated rings. The minimum atomic E-state index is -0.360. The van der Waals surface area contributed by atoms with E-state index in [9.17, 15) is 9.59 Å². The van der Waals surface area contributed by atoms with Crippen molar-refractivity contribution in [1.82, 2.24) is 0 Å². The van der Waals surface area contributed by atoms with Crippen molar-refractivity contribution < 1.29 is 19.1 Å². The van der Waals surface area contributed by atoms with E-state index in [4.69, 9.17) is 9.47 Å². The summed E-state index contributed by atoms with van der Waals surface area (Å²) in [7, 11) is 0. The Morgan fingerprint density at radius 3 is 2.38 bits per heavy atom. The normalized spacial score (nSPS) is 10.2. The highest BCUT2D eigenvalue weighted by atomic mass is 16.5. The third kappa shape index (κ3) is 5.92. The predicted octanol–water partition coefficient (Wildman–Crippen LogP) is 4.68. The van der Waals surface area contributed by atoms with Gasteiger partial charge in [-0.25, -0.2) is 4.79 Å². The van der Waals surface area contributed by atoms with Gasteiger partial charge in [-0.15, -0.1) is 0 Å². The topological polar surface area (TPSA) is 64.6 Å². The van der Waals surface area contributed by atoms with Crippen LogP contribution in [0.5, 0.6) is 5.75 Å². The van der Waals surface area contributed by atoms with Crippen molar-refractivity contribution in [3.8, 4) is 5.75 Å². The lowest BCUT2D eigenvalue weighted by atomic mass is 10.1. The van der Waals surface area contributed by atoms with Crippen LogP contribution in [0.15, 0.2) is 48.5 Å². The zero-order chi connectivity index (χ0) is 18.8. The molecule has 0 saturated carbocycles. The van der Waals surface area contributed by atoms with Crippen molar-refractivity contribution in [2.24, 2.45) is 0 Å². The monoisotopic (exact) mass is 355 g/mol. The molecule has 1 N–H and O–H groups in total. The first kappa shape index (κ1) is 19.5. The molecule has 0 spiro atoms. The van der Waals surface area contributed by atoms with Gasteiger partial charge in [0.2, 0.25) is 0 Å². The molecular weight excluding hydrogens is 330 g/mol. The van der Waals surface area contributed by atoms with Gasteiger partial charge in [0.1, 0.15) is 5.75 Å². The van der Waals surface area contributed by atoms with Crippen LogP contribution in [0.3, 0.4) is 0 Å². The van der Waals surface area contributed by atoms with Gasteiger partial charge in [0, 0.05) is 11.3 Å². The summed E-state index contributed by atoms with van der Waals surface area (Å²) < 4.78 is 10.7. The van der Waals surface area contributed by atoms with E-state index >= 15 is 0 Å². The van der Waals surface area contributed by atoms with E-state index in [1.54, 1.807) is 42.5 Å². The lowest BCUT2D eigenvalue weighted by molar-refractivity contribution is 0.0505. The van der Waals surface area contributed by atoms with Crippen molar-refractivity contribution in [1.29, 1.82) is 0 Å². The first-order valence-corrected chi connectivity index (χ1v) is 8.95. The highest BCUT2D eigenvalue weighted by molar-refractivity contribution is 6.04. The molecule has 0 aromatic heterocycles. The maximum absolute atomic E-state index is 12.4. The van der Waals surface area contributed by atoms with E-state index < -0.39 is 0 Å². The van der Waals surface area contributed by atoms with Crippen molar-refractivity contribution in [2.45, 2.75) is 33.1 Å². The first-order valence-electron chi connectivity index (χ1n) is 8.95. The van der Waals surface area contributed by atoms with Gasteiger partial charge in [0.05, 0.1) is 18.8 Å². The van der Waals surface area contributed by atoms with Gasteiger partial charge < -0.3 is 14.8 Å². The van der Waals surface area contributed by atoms with Crippen LogP contribution in [0.2, 0.25) is 0 Å². The molecule has 0 bridgehead atoms. The number of anilines is 1. The van der Waals surface area contributed by atoms with Gasteiger partial charge in [-0.3, -0.25) is 4.79 Å². The number of nitrogens with one attached hydrogen (secondary N) is 1. The number of esters is 1. The largest absolute Gasteiger partial charge is 0.494 e. The number of carbonyl (C=O) groups excluding carboxylic acids is 2. The van der Waals surface area contributed by atoms with Gasteiger partial charge in [0.15, 0.2) is 0 Å². The number of unbranched alkanes of at least 4 members (excludes halogenated alkanes) is 1. The Morgan fingerprint density at radius 2 is 1.69 bits per heavy atom. The lowest BCUT2D eigenvalue weighted by Crippen LogP contribution is -2.12. The number of hydrogen-bond donors (Lipinski definition) is 1. The standard InChI is InChI=1S/C21H25NO4/c1-3-5-14-25-19-8-6-7-17(15-19)20(23)22-18-11-9-16(10-12-18)21(24)26-13-4-2/h6-12,15H,3-5,13-14H2,1-2H3,(H,22,23). The van der Waals surface area contributed by atoms with Crippen molar-refractivity contribution in [2.75, 3.05) is 18.5 Å². The minimum Gasteiger partial charge on any atom is -0.494 e. The van der Waals surface area contributed by atoms with E-state index in [-0.39, 0.29) is 11.9 Å². The van der Waals surface area contributed by atoms with Crippen molar-refractivity contribution in [3.05, 3.63) is 59.7 Å². The van der Waals surface area contributed by atoms with Gasteiger partial charge in [-0.1, -0.05) is 26.3 Å². The van der Waals surface area contributed by atoms with Crippen LogP contribution in [0, 0.1) is 0 Å². The van der Waals surface area contributed by atoms with Crippen LogP contribution in [-0.4, -0.2) is 25.1 Å². The second-order valence-electron chi connectivity index (χ2n) is 5.90. The molecule has 2 aromatic rings. The number of amides is 1. The molecule has 5 heteroatoms. The zero-order valence-corrected chi connectivity index (χ0v) is 15.3. The molecule has 1 amide bonds. The van der Waals surface area contributed by atoms with E-state index in [1.807, 2.05) is 13.0 Å². The summed E-state index contributed by atoms with van der Waals surface area (Å²) in [6, 6.07) is 13.7. The van der Waals surface area contributed by atoms with Gasteiger partial charge in [-0.2, -0.15) is 0 Å². The molecule has 2 aromatic carbocycles. The summed E-state index contributed by atoms with van der Waals surface area (Å²) in [5.41, 5.74) is 1.59. The lowest BCUT2D eigenvalue weighted by Gasteiger charge is -2.09. The molecule has 0 aliphatic carbocycles. The third-order valence-electron chi connectivity index (χ3n) is 3.68. The summed E-state index contributed by atoms with van der Waals surface area (Å²) in [6.45, 7) is 5.07. The number of hydrogen-bond acceptors (Lipinski definition) is 4. The molecule has 0 atom stereocenters. The van der Waals surface area contributed by atoms with E-state index in [0.717, 1.165) is 19.3 Å².